The van der Waals surface area contributed by atoms with E-state index in [-0.39, 0.29) is 17.6 Å². The minimum absolute atomic E-state index is 0.00865. The van der Waals surface area contributed by atoms with Gasteiger partial charge in [-0.3, -0.25) is 9.59 Å². The molecule has 9 heteroatoms. The van der Waals surface area contributed by atoms with Crippen LogP contribution in [0.4, 0.5) is 5.82 Å². The summed E-state index contributed by atoms with van der Waals surface area (Å²) in [7, 11) is 0. The summed E-state index contributed by atoms with van der Waals surface area (Å²) in [5.74, 6) is 1.56. The van der Waals surface area contributed by atoms with Crippen LogP contribution in [0.2, 0.25) is 5.15 Å². The van der Waals surface area contributed by atoms with Crippen molar-refractivity contribution in [2.45, 2.75) is 63.4 Å². The predicted molar refractivity (Wildman–Crippen MR) is 126 cm³/mol. The smallest absolute Gasteiger partial charge is 0.230 e. The molecule has 1 saturated carbocycles. The van der Waals surface area contributed by atoms with Crippen LogP contribution in [0.25, 0.3) is 0 Å². The quantitative estimate of drug-likeness (QED) is 0.244. The van der Waals surface area contributed by atoms with Gasteiger partial charge in [0.1, 0.15) is 11.0 Å². The van der Waals surface area contributed by atoms with Crippen LogP contribution < -0.4 is 10.2 Å². The summed E-state index contributed by atoms with van der Waals surface area (Å²) in [6.45, 7) is 5.76. The molecular weight excluding hydrogens is 434 g/mol. The van der Waals surface area contributed by atoms with Crippen molar-refractivity contribution in [3.8, 4) is 0 Å². The van der Waals surface area contributed by atoms with Crippen LogP contribution in [0.1, 0.15) is 58.3 Å². The second-order valence-corrected chi connectivity index (χ2v) is 9.65. The zero-order chi connectivity index (χ0) is 22.1. The van der Waals surface area contributed by atoms with E-state index >= 15 is 0 Å². The first-order chi connectivity index (χ1) is 15.1. The van der Waals surface area contributed by atoms with Crippen LogP contribution in [0.5, 0.6) is 0 Å². The van der Waals surface area contributed by atoms with Gasteiger partial charge in [0.2, 0.25) is 11.8 Å². The van der Waals surface area contributed by atoms with Crippen LogP contribution in [-0.4, -0.2) is 65.2 Å². The number of hydrogen-bond donors (Lipinski definition) is 1. The van der Waals surface area contributed by atoms with Gasteiger partial charge < -0.3 is 15.1 Å². The summed E-state index contributed by atoms with van der Waals surface area (Å²) in [6.07, 6.45) is 8.96. The lowest BCUT2D eigenvalue weighted by Gasteiger charge is -2.36. The maximum Gasteiger partial charge on any atom is 0.230 e. The van der Waals surface area contributed by atoms with E-state index in [0.717, 1.165) is 44.6 Å². The lowest BCUT2D eigenvalue weighted by atomic mass is 10.1. The molecule has 0 atom stereocenters. The highest BCUT2D eigenvalue weighted by atomic mass is 35.5. The molecule has 0 aromatic carbocycles. The number of aromatic nitrogens is 2. The van der Waals surface area contributed by atoms with E-state index in [1.807, 2.05) is 4.90 Å². The van der Waals surface area contributed by atoms with E-state index in [2.05, 4.69) is 27.1 Å². The van der Waals surface area contributed by atoms with Gasteiger partial charge in [0.25, 0.3) is 0 Å². The summed E-state index contributed by atoms with van der Waals surface area (Å²) in [5, 5.41) is 3.83. The van der Waals surface area contributed by atoms with Gasteiger partial charge in [0, 0.05) is 44.7 Å². The average molecular weight is 468 g/mol. The summed E-state index contributed by atoms with van der Waals surface area (Å²) in [5.41, 5.74) is 0. The second kappa shape index (κ2) is 12.5. The van der Waals surface area contributed by atoms with Crippen molar-refractivity contribution >= 4 is 41.0 Å². The van der Waals surface area contributed by atoms with Crippen molar-refractivity contribution in [1.29, 1.82) is 0 Å². The van der Waals surface area contributed by atoms with Crippen molar-refractivity contribution in [2.75, 3.05) is 43.4 Å². The van der Waals surface area contributed by atoms with E-state index in [1.165, 1.54) is 37.4 Å². The third-order valence-electron chi connectivity index (χ3n) is 5.97. The highest BCUT2D eigenvalue weighted by Gasteiger charge is 2.29. The molecule has 31 heavy (non-hydrogen) atoms. The molecule has 2 aliphatic rings. The molecule has 1 aromatic rings. The Morgan fingerprint density at radius 1 is 1.13 bits per heavy atom. The van der Waals surface area contributed by atoms with E-state index < -0.39 is 0 Å². The fourth-order valence-electron chi connectivity index (χ4n) is 4.16. The topological polar surface area (TPSA) is 78.4 Å². The first-order valence-electron chi connectivity index (χ1n) is 11.5. The Balaban J connectivity index is 1.46. The standard InChI is InChI=1S/C22H34ClN5O2S/c1-2-3-4-7-10-24-20(29)16-31-22-25-18(23)15-19(26-22)27-11-13-28(14-12-27)21(30)17-8-5-6-9-17/h15,17H,2-14,16H2,1H3,(H,24,29). The van der Waals surface area contributed by atoms with Gasteiger partial charge in [-0.05, 0) is 19.3 Å². The first kappa shape index (κ1) is 24.1. The van der Waals surface area contributed by atoms with Gasteiger partial charge in [0.05, 0.1) is 5.75 Å². The molecule has 172 valence electrons. The Morgan fingerprint density at radius 3 is 2.58 bits per heavy atom. The van der Waals surface area contributed by atoms with Crippen LogP contribution in [0.15, 0.2) is 11.2 Å². The Bertz CT molecular complexity index is 737. The summed E-state index contributed by atoms with van der Waals surface area (Å²) in [4.78, 5) is 37.7. The molecule has 1 saturated heterocycles. The molecule has 0 bridgehead atoms. The number of rotatable bonds is 10. The first-order valence-corrected chi connectivity index (χ1v) is 12.9. The highest BCUT2D eigenvalue weighted by molar-refractivity contribution is 7.99. The molecule has 2 amide bonds. The molecule has 1 aromatic heterocycles. The van der Waals surface area contributed by atoms with E-state index in [4.69, 9.17) is 11.6 Å². The molecule has 2 heterocycles. The number of unbranched alkanes of at least 4 members (excludes halogenated alkanes) is 3. The molecule has 1 N–H and O–H groups in total. The molecule has 7 nitrogen and oxygen atoms in total. The van der Waals surface area contributed by atoms with Gasteiger partial charge in [-0.25, -0.2) is 9.97 Å². The Hall–Kier alpha value is -1.54. The van der Waals surface area contributed by atoms with E-state index in [9.17, 15) is 9.59 Å². The number of nitrogens with one attached hydrogen (secondary N) is 1. The van der Waals surface area contributed by atoms with Gasteiger partial charge >= 0.3 is 0 Å². The number of amides is 2. The van der Waals surface area contributed by atoms with Crippen molar-refractivity contribution in [3.05, 3.63) is 11.2 Å². The number of anilines is 1. The zero-order valence-electron chi connectivity index (χ0n) is 18.4. The minimum Gasteiger partial charge on any atom is -0.355 e. The van der Waals surface area contributed by atoms with Crippen molar-refractivity contribution in [3.63, 3.8) is 0 Å². The Morgan fingerprint density at radius 2 is 1.87 bits per heavy atom. The van der Waals surface area contributed by atoms with Gasteiger partial charge in [-0.2, -0.15) is 0 Å². The minimum atomic E-state index is -0.00865. The van der Waals surface area contributed by atoms with E-state index in [0.29, 0.717) is 35.9 Å². The average Bonchev–Trinajstić information content (AvgIpc) is 3.32. The third-order valence-corrected chi connectivity index (χ3v) is 7.01. The van der Waals surface area contributed by atoms with Crippen molar-refractivity contribution in [2.24, 2.45) is 5.92 Å². The fourth-order valence-corrected chi connectivity index (χ4v) is 5.07. The Labute approximate surface area is 194 Å². The zero-order valence-corrected chi connectivity index (χ0v) is 20.0. The fraction of sp³-hybridized carbons (Fsp3) is 0.727. The normalized spacial score (nSPS) is 17.2. The molecule has 2 fully saturated rings. The van der Waals surface area contributed by atoms with Crippen molar-refractivity contribution in [1.82, 2.24) is 20.2 Å². The maximum atomic E-state index is 12.6. The predicted octanol–water partition coefficient (Wildman–Crippen LogP) is 3.76. The summed E-state index contributed by atoms with van der Waals surface area (Å²) >= 11 is 7.53. The van der Waals surface area contributed by atoms with Crippen LogP contribution in [0.3, 0.4) is 0 Å². The third kappa shape index (κ3) is 7.52. The number of hydrogen-bond acceptors (Lipinski definition) is 6. The molecule has 1 aliphatic heterocycles. The molecule has 0 radical (unpaired) electrons. The van der Waals surface area contributed by atoms with Crippen molar-refractivity contribution < 1.29 is 9.59 Å². The van der Waals surface area contributed by atoms with Gasteiger partial charge in [-0.15, -0.1) is 0 Å². The second-order valence-electron chi connectivity index (χ2n) is 8.32. The number of piperazine rings is 1. The molecule has 0 spiro atoms. The maximum absolute atomic E-state index is 12.6. The monoisotopic (exact) mass is 467 g/mol. The van der Waals surface area contributed by atoms with Crippen LogP contribution >= 0.6 is 23.4 Å². The molecule has 3 rings (SSSR count). The van der Waals surface area contributed by atoms with E-state index in [1.54, 1.807) is 6.07 Å². The number of halogens is 1. The van der Waals surface area contributed by atoms with Gasteiger partial charge in [-0.1, -0.05) is 62.4 Å². The number of carbonyl (C=O) groups is 2. The highest BCUT2D eigenvalue weighted by Crippen LogP contribution is 2.28. The van der Waals surface area contributed by atoms with Gasteiger partial charge in [0.15, 0.2) is 5.16 Å². The number of thioether (sulfide) groups is 1. The van der Waals surface area contributed by atoms with Crippen LogP contribution in [0, 0.1) is 5.92 Å². The van der Waals surface area contributed by atoms with Crippen LogP contribution in [-0.2, 0) is 9.59 Å². The number of nitrogens with zero attached hydrogens (tertiary/aromatic N) is 4. The molecule has 0 unspecified atom stereocenters. The SMILES string of the molecule is CCCCCCNC(=O)CSc1nc(Cl)cc(N2CCN(C(=O)C3CCCC3)CC2)n1. The number of carbonyl (C=O) groups excluding carboxylic acids is 2. The summed E-state index contributed by atoms with van der Waals surface area (Å²) in [6, 6.07) is 1.76. The molecular formula is C22H34ClN5O2S. The lowest BCUT2D eigenvalue weighted by Crippen LogP contribution is -2.50. The lowest BCUT2D eigenvalue weighted by molar-refractivity contribution is -0.135. The molecule has 1 aliphatic carbocycles. The Kier molecular flexibility index (Phi) is 9.71. The summed E-state index contributed by atoms with van der Waals surface area (Å²) < 4.78 is 0. The largest absolute Gasteiger partial charge is 0.355 e.